The van der Waals surface area contributed by atoms with Gasteiger partial charge in [0.25, 0.3) is 11.8 Å². The maximum atomic E-state index is 12.7. The standard InChI is InChI=1S/C23H29N3O2/c1-16-8-9-20(14-19(16)4)23(28)26-12-10-25(11-13-26)15-21(27)24-22-17(2)6-5-7-18(22)3/h5-9,14H,10-13,15H2,1-4H3,(H,24,27)/p+1. The van der Waals surface area contributed by atoms with Crippen LogP contribution in [0.15, 0.2) is 36.4 Å². The minimum absolute atomic E-state index is 0.0290. The van der Waals surface area contributed by atoms with Gasteiger partial charge in [-0.3, -0.25) is 9.59 Å². The van der Waals surface area contributed by atoms with Gasteiger partial charge in [-0.1, -0.05) is 24.3 Å². The molecule has 1 heterocycles. The van der Waals surface area contributed by atoms with Gasteiger partial charge in [-0.25, -0.2) is 0 Å². The third-order valence-corrected chi connectivity index (χ3v) is 5.67. The minimum atomic E-state index is 0.0290. The Hall–Kier alpha value is -2.66. The number of hydrogen-bond donors (Lipinski definition) is 2. The van der Waals surface area contributed by atoms with E-state index in [9.17, 15) is 9.59 Å². The van der Waals surface area contributed by atoms with Crippen molar-refractivity contribution < 1.29 is 14.5 Å². The Bertz CT molecular complexity index is 863. The van der Waals surface area contributed by atoms with E-state index in [4.69, 9.17) is 0 Å². The Balaban J connectivity index is 1.53. The van der Waals surface area contributed by atoms with E-state index in [-0.39, 0.29) is 11.8 Å². The number of rotatable bonds is 4. The monoisotopic (exact) mass is 380 g/mol. The molecule has 148 valence electrons. The van der Waals surface area contributed by atoms with Crippen molar-refractivity contribution in [1.29, 1.82) is 0 Å². The van der Waals surface area contributed by atoms with Gasteiger partial charge in [0.2, 0.25) is 0 Å². The van der Waals surface area contributed by atoms with Crippen molar-refractivity contribution in [2.75, 3.05) is 38.0 Å². The summed E-state index contributed by atoms with van der Waals surface area (Å²) in [5.74, 6) is 0.114. The van der Waals surface area contributed by atoms with Crippen LogP contribution in [-0.2, 0) is 4.79 Å². The van der Waals surface area contributed by atoms with Crippen LogP contribution in [0.25, 0.3) is 0 Å². The molecular weight excluding hydrogens is 350 g/mol. The largest absolute Gasteiger partial charge is 0.327 e. The van der Waals surface area contributed by atoms with E-state index in [1.165, 1.54) is 10.5 Å². The summed E-state index contributed by atoms with van der Waals surface area (Å²) in [6, 6.07) is 11.9. The highest BCUT2D eigenvalue weighted by atomic mass is 16.2. The third-order valence-electron chi connectivity index (χ3n) is 5.67. The number of carbonyl (C=O) groups excluding carboxylic acids is 2. The number of amides is 2. The number of quaternary nitrogens is 1. The Morgan fingerprint density at radius 2 is 1.57 bits per heavy atom. The first-order chi connectivity index (χ1) is 13.3. The summed E-state index contributed by atoms with van der Waals surface area (Å²) in [5.41, 5.74) is 6.15. The van der Waals surface area contributed by atoms with Crippen LogP contribution in [0.5, 0.6) is 0 Å². The number of hydrogen-bond acceptors (Lipinski definition) is 2. The Labute approximate surface area is 167 Å². The number of para-hydroxylation sites is 1. The molecule has 3 rings (SSSR count). The maximum Gasteiger partial charge on any atom is 0.279 e. The molecular formula is C23H30N3O2+. The predicted molar refractivity (Wildman–Crippen MR) is 112 cm³/mol. The molecule has 0 spiro atoms. The fourth-order valence-corrected chi connectivity index (χ4v) is 3.68. The van der Waals surface area contributed by atoms with E-state index < -0.39 is 0 Å². The zero-order valence-electron chi connectivity index (χ0n) is 17.3. The van der Waals surface area contributed by atoms with Gasteiger partial charge in [0.05, 0.1) is 26.2 Å². The first kappa shape index (κ1) is 20.1. The van der Waals surface area contributed by atoms with E-state index in [1.54, 1.807) is 0 Å². The molecule has 2 N–H and O–H groups in total. The number of nitrogens with one attached hydrogen (secondary N) is 2. The first-order valence-electron chi connectivity index (χ1n) is 9.91. The lowest BCUT2D eigenvalue weighted by molar-refractivity contribution is -0.895. The van der Waals surface area contributed by atoms with Gasteiger partial charge in [0, 0.05) is 11.3 Å². The molecule has 0 aromatic heterocycles. The zero-order chi connectivity index (χ0) is 20.3. The van der Waals surface area contributed by atoms with Crippen LogP contribution < -0.4 is 10.2 Å². The van der Waals surface area contributed by atoms with Crippen molar-refractivity contribution in [3.63, 3.8) is 0 Å². The lowest BCUT2D eigenvalue weighted by atomic mass is 10.1. The minimum Gasteiger partial charge on any atom is -0.327 e. The van der Waals surface area contributed by atoms with Crippen molar-refractivity contribution in [2.45, 2.75) is 27.7 Å². The summed E-state index contributed by atoms with van der Waals surface area (Å²) in [7, 11) is 0. The Morgan fingerprint density at radius 1 is 0.929 bits per heavy atom. The number of anilines is 1. The van der Waals surface area contributed by atoms with E-state index in [0.29, 0.717) is 19.6 Å². The fourth-order valence-electron chi connectivity index (χ4n) is 3.68. The molecule has 1 aliphatic heterocycles. The van der Waals surface area contributed by atoms with E-state index >= 15 is 0 Å². The molecule has 5 heteroatoms. The molecule has 1 saturated heterocycles. The highest BCUT2D eigenvalue weighted by Gasteiger charge is 2.26. The topological polar surface area (TPSA) is 53.9 Å². The van der Waals surface area contributed by atoms with Gasteiger partial charge < -0.3 is 15.1 Å². The fraction of sp³-hybridized carbons (Fsp3) is 0.391. The lowest BCUT2D eigenvalue weighted by Crippen LogP contribution is -3.15. The summed E-state index contributed by atoms with van der Waals surface area (Å²) in [6.07, 6.45) is 0. The average Bonchev–Trinajstić information content (AvgIpc) is 2.67. The number of piperazine rings is 1. The summed E-state index contributed by atoms with van der Waals surface area (Å²) in [4.78, 5) is 28.3. The molecule has 2 aromatic carbocycles. The molecule has 0 saturated carbocycles. The van der Waals surface area contributed by atoms with Crippen LogP contribution >= 0.6 is 0 Å². The van der Waals surface area contributed by atoms with Crippen molar-refractivity contribution in [3.8, 4) is 0 Å². The Kier molecular flexibility index (Phi) is 6.15. The van der Waals surface area contributed by atoms with Crippen LogP contribution in [0.1, 0.15) is 32.6 Å². The van der Waals surface area contributed by atoms with E-state index in [2.05, 4.69) is 12.2 Å². The molecule has 1 fully saturated rings. The molecule has 0 aliphatic carbocycles. The quantitative estimate of drug-likeness (QED) is 0.851. The summed E-state index contributed by atoms with van der Waals surface area (Å²) in [5, 5.41) is 3.06. The highest BCUT2D eigenvalue weighted by Crippen LogP contribution is 2.19. The van der Waals surface area contributed by atoms with Crippen LogP contribution in [0.4, 0.5) is 5.69 Å². The number of aryl methyl sites for hydroxylation is 4. The summed E-state index contributed by atoms with van der Waals surface area (Å²) in [6.45, 7) is 11.5. The SMILES string of the molecule is Cc1ccc(C(=O)N2CC[NH+](CC(=O)Nc3c(C)cccc3C)CC2)cc1C. The van der Waals surface area contributed by atoms with Crippen molar-refractivity contribution >= 4 is 17.5 Å². The van der Waals surface area contributed by atoms with Crippen molar-refractivity contribution in [1.82, 2.24) is 4.90 Å². The van der Waals surface area contributed by atoms with Crippen LogP contribution in [0, 0.1) is 27.7 Å². The van der Waals surface area contributed by atoms with Crippen molar-refractivity contribution in [3.05, 3.63) is 64.2 Å². The second-order valence-corrected chi connectivity index (χ2v) is 7.83. The molecule has 0 atom stereocenters. The van der Waals surface area contributed by atoms with E-state index in [0.717, 1.165) is 41.0 Å². The zero-order valence-corrected chi connectivity index (χ0v) is 17.3. The molecule has 28 heavy (non-hydrogen) atoms. The maximum absolute atomic E-state index is 12.7. The molecule has 2 aromatic rings. The normalized spacial score (nSPS) is 14.8. The van der Waals surface area contributed by atoms with E-state index in [1.807, 2.05) is 62.1 Å². The second kappa shape index (κ2) is 8.57. The Morgan fingerprint density at radius 3 is 2.18 bits per heavy atom. The van der Waals surface area contributed by atoms with Crippen LogP contribution in [0.2, 0.25) is 0 Å². The van der Waals surface area contributed by atoms with Gasteiger partial charge in [-0.05, 0) is 62.1 Å². The highest BCUT2D eigenvalue weighted by molar-refractivity contribution is 5.94. The second-order valence-electron chi connectivity index (χ2n) is 7.83. The molecule has 0 radical (unpaired) electrons. The first-order valence-corrected chi connectivity index (χ1v) is 9.91. The van der Waals surface area contributed by atoms with Crippen LogP contribution in [-0.4, -0.2) is 49.4 Å². The lowest BCUT2D eigenvalue weighted by Gasteiger charge is -2.32. The summed E-state index contributed by atoms with van der Waals surface area (Å²) >= 11 is 0. The van der Waals surface area contributed by atoms with Gasteiger partial charge in [0.1, 0.15) is 0 Å². The molecule has 0 bridgehead atoms. The molecule has 1 aliphatic rings. The van der Waals surface area contributed by atoms with Gasteiger partial charge in [-0.15, -0.1) is 0 Å². The van der Waals surface area contributed by atoms with Gasteiger partial charge in [0.15, 0.2) is 6.54 Å². The average molecular weight is 381 g/mol. The van der Waals surface area contributed by atoms with Crippen molar-refractivity contribution in [2.24, 2.45) is 0 Å². The number of benzene rings is 2. The van der Waals surface area contributed by atoms with Gasteiger partial charge in [-0.2, -0.15) is 0 Å². The molecule has 0 unspecified atom stereocenters. The smallest absolute Gasteiger partial charge is 0.279 e. The third kappa shape index (κ3) is 4.60. The van der Waals surface area contributed by atoms with Gasteiger partial charge >= 0.3 is 0 Å². The number of carbonyl (C=O) groups is 2. The summed E-state index contributed by atoms with van der Waals surface area (Å²) < 4.78 is 0. The molecule has 2 amide bonds. The predicted octanol–water partition coefficient (Wildman–Crippen LogP) is 1.90. The molecule has 5 nitrogen and oxygen atoms in total. The van der Waals surface area contributed by atoms with Crippen LogP contribution in [0.3, 0.4) is 0 Å². The number of nitrogens with zero attached hydrogens (tertiary/aromatic N) is 1.